The standard InChI is InChI=1S/C22H32N4O2/c1-20(2,14-7-8-14)13-17(27)25-19-23-15-9-10-16(21(3,4)28)24-18(15)26(19)22(5)11-6-12-22/h9-10,14,28H,6-8,11-13H2,1-5H3,(H,23,25,27). The maximum absolute atomic E-state index is 12.8. The van der Waals surface area contributed by atoms with Crippen molar-refractivity contribution in [2.24, 2.45) is 11.3 Å². The van der Waals surface area contributed by atoms with Crippen molar-refractivity contribution in [2.75, 3.05) is 5.32 Å². The molecule has 0 atom stereocenters. The van der Waals surface area contributed by atoms with Crippen molar-refractivity contribution < 1.29 is 9.90 Å². The number of fused-ring (bicyclic) bond motifs is 1. The summed E-state index contributed by atoms with van der Waals surface area (Å²) in [6, 6.07) is 3.70. The number of imidazole rings is 1. The lowest BCUT2D eigenvalue weighted by Gasteiger charge is -2.40. The van der Waals surface area contributed by atoms with Gasteiger partial charge in [0.2, 0.25) is 11.9 Å². The number of anilines is 1. The Hall–Kier alpha value is -1.95. The fraction of sp³-hybridized carbons (Fsp3) is 0.682. The Labute approximate surface area is 166 Å². The average Bonchev–Trinajstić information content (AvgIpc) is 3.34. The minimum Gasteiger partial charge on any atom is -0.384 e. The zero-order valence-corrected chi connectivity index (χ0v) is 17.7. The van der Waals surface area contributed by atoms with Crippen molar-refractivity contribution in [1.29, 1.82) is 0 Å². The second-order valence-corrected chi connectivity index (χ2v) is 10.2. The van der Waals surface area contributed by atoms with Crippen LogP contribution in [0, 0.1) is 11.3 Å². The van der Waals surface area contributed by atoms with Crippen molar-refractivity contribution >= 4 is 23.0 Å². The highest BCUT2D eigenvalue weighted by Gasteiger charge is 2.41. The maximum atomic E-state index is 12.8. The number of hydrogen-bond donors (Lipinski definition) is 2. The first kappa shape index (κ1) is 19.4. The van der Waals surface area contributed by atoms with Gasteiger partial charge < -0.3 is 5.11 Å². The number of nitrogens with one attached hydrogen (secondary N) is 1. The summed E-state index contributed by atoms with van der Waals surface area (Å²) in [6.07, 6.45) is 6.16. The molecular weight excluding hydrogens is 352 g/mol. The molecule has 2 aromatic rings. The molecule has 0 bridgehead atoms. The van der Waals surface area contributed by atoms with Gasteiger partial charge in [0.05, 0.1) is 5.69 Å². The number of hydrogen-bond acceptors (Lipinski definition) is 4. The molecule has 2 N–H and O–H groups in total. The summed E-state index contributed by atoms with van der Waals surface area (Å²) < 4.78 is 2.09. The highest BCUT2D eigenvalue weighted by molar-refractivity contribution is 5.91. The van der Waals surface area contributed by atoms with E-state index < -0.39 is 5.60 Å². The van der Waals surface area contributed by atoms with E-state index >= 15 is 0 Å². The molecule has 28 heavy (non-hydrogen) atoms. The largest absolute Gasteiger partial charge is 0.384 e. The third kappa shape index (κ3) is 3.43. The number of rotatable bonds is 6. The van der Waals surface area contributed by atoms with Gasteiger partial charge in [-0.15, -0.1) is 0 Å². The second-order valence-electron chi connectivity index (χ2n) is 10.2. The molecule has 2 heterocycles. The van der Waals surface area contributed by atoms with Gasteiger partial charge in [0.1, 0.15) is 11.1 Å². The number of aliphatic hydroxyl groups is 1. The molecule has 0 unspecified atom stereocenters. The summed E-state index contributed by atoms with van der Waals surface area (Å²) in [5.41, 5.74) is 0.984. The van der Waals surface area contributed by atoms with Gasteiger partial charge in [-0.2, -0.15) is 0 Å². The third-order valence-electron chi connectivity index (χ3n) is 6.65. The van der Waals surface area contributed by atoms with Gasteiger partial charge >= 0.3 is 0 Å². The Morgan fingerprint density at radius 1 is 1.25 bits per heavy atom. The summed E-state index contributed by atoms with van der Waals surface area (Å²) in [6.45, 7) is 10.0. The van der Waals surface area contributed by atoms with Crippen molar-refractivity contribution in [1.82, 2.24) is 14.5 Å². The fourth-order valence-corrected chi connectivity index (χ4v) is 4.40. The highest BCUT2D eigenvalue weighted by atomic mass is 16.3. The van der Waals surface area contributed by atoms with Crippen LogP contribution in [0.2, 0.25) is 0 Å². The van der Waals surface area contributed by atoms with Gasteiger partial charge in [-0.05, 0) is 76.3 Å². The molecular formula is C22H32N4O2. The van der Waals surface area contributed by atoms with E-state index in [4.69, 9.17) is 9.97 Å². The molecule has 2 fully saturated rings. The van der Waals surface area contributed by atoms with Gasteiger partial charge in [-0.1, -0.05) is 13.8 Å². The molecule has 0 aliphatic heterocycles. The Bertz CT molecular complexity index is 914. The van der Waals surface area contributed by atoms with Gasteiger partial charge in [0.25, 0.3) is 0 Å². The summed E-state index contributed by atoms with van der Waals surface area (Å²) >= 11 is 0. The van der Waals surface area contributed by atoms with Crippen molar-refractivity contribution in [3.8, 4) is 0 Å². The quantitative estimate of drug-likeness (QED) is 0.777. The van der Waals surface area contributed by atoms with Crippen LogP contribution in [0.25, 0.3) is 11.2 Å². The molecule has 0 spiro atoms. The first-order valence-electron chi connectivity index (χ1n) is 10.4. The SMILES string of the molecule is CC(C)(O)c1ccc2nc(NC(=O)CC(C)(C)C3CC3)n(C3(C)CCC3)c2n1. The zero-order chi connectivity index (χ0) is 20.3. The lowest BCUT2D eigenvalue weighted by molar-refractivity contribution is -0.118. The molecule has 1 amide bonds. The predicted molar refractivity (Wildman–Crippen MR) is 110 cm³/mol. The number of nitrogens with zero attached hydrogens (tertiary/aromatic N) is 3. The number of amides is 1. The maximum Gasteiger partial charge on any atom is 0.227 e. The molecule has 4 rings (SSSR count). The van der Waals surface area contributed by atoms with E-state index in [-0.39, 0.29) is 16.9 Å². The lowest BCUT2D eigenvalue weighted by atomic mass is 9.78. The van der Waals surface area contributed by atoms with Gasteiger partial charge in [0, 0.05) is 12.0 Å². The van der Waals surface area contributed by atoms with E-state index in [0.717, 1.165) is 30.4 Å². The first-order valence-corrected chi connectivity index (χ1v) is 10.4. The second kappa shape index (κ2) is 6.28. The molecule has 6 nitrogen and oxygen atoms in total. The van der Waals surface area contributed by atoms with Crippen LogP contribution in [0.1, 0.15) is 78.8 Å². The molecule has 6 heteroatoms. The van der Waals surface area contributed by atoms with Crippen molar-refractivity contribution in [2.45, 2.75) is 84.3 Å². The summed E-state index contributed by atoms with van der Waals surface area (Å²) in [5.74, 6) is 1.24. The third-order valence-corrected chi connectivity index (χ3v) is 6.65. The monoisotopic (exact) mass is 384 g/mol. The van der Waals surface area contributed by atoms with Gasteiger partial charge in [-0.3, -0.25) is 14.7 Å². The molecule has 0 saturated heterocycles. The number of pyridine rings is 1. The van der Waals surface area contributed by atoms with Crippen LogP contribution >= 0.6 is 0 Å². The molecule has 152 valence electrons. The van der Waals surface area contributed by atoms with Gasteiger partial charge in [-0.25, -0.2) is 9.97 Å². The number of aromatic nitrogens is 3. The highest BCUT2D eigenvalue weighted by Crippen LogP contribution is 2.47. The Morgan fingerprint density at radius 3 is 2.46 bits per heavy atom. The van der Waals surface area contributed by atoms with Crippen LogP contribution < -0.4 is 5.32 Å². The number of carbonyl (C=O) groups is 1. The zero-order valence-electron chi connectivity index (χ0n) is 17.7. The fourth-order valence-electron chi connectivity index (χ4n) is 4.40. The van der Waals surface area contributed by atoms with E-state index in [1.54, 1.807) is 13.8 Å². The Morgan fingerprint density at radius 2 is 1.93 bits per heavy atom. The molecule has 0 radical (unpaired) electrons. The molecule has 0 aromatic carbocycles. The van der Waals surface area contributed by atoms with E-state index in [0.29, 0.717) is 24.0 Å². The Kier molecular flexibility index (Phi) is 4.34. The van der Waals surface area contributed by atoms with E-state index in [9.17, 15) is 9.90 Å². The van der Waals surface area contributed by atoms with E-state index in [2.05, 4.69) is 30.7 Å². The van der Waals surface area contributed by atoms with E-state index in [1.807, 2.05) is 12.1 Å². The van der Waals surface area contributed by atoms with Crippen molar-refractivity contribution in [3.63, 3.8) is 0 Å². The van der Waals surface area contributed by atoms with Crippen LogP contribution in [-0.4, -0.2) is 25.5 Å². The molecule has 2 aliphatic carbocycles. The van der Waals surface area contributed by atoms with Crippen molar-refractivity contribution in [3.05, 3.63) is 17.8 Å². The normalized spacial score (nSPS) is 19.5. The summed E-state index contributed by atoms with van der Waals surface area (Å²) in [4.78, 5) is 22.3. The summed E-state index contributed by atoms with van der Waals surface area (Å²) in [7, 11) is 0. The van der Waals surface area contributed by atoms with Crippen LogP contribution in [0.3, 0.4) is 0 Å². The molecule has 2 aromatic heterocycles. The van der Waals surface area contributed by atoms with Crippen LogP contribution in [0.4, 0.5) is 5.95 Å². The predicted octanol–water partition coefficient (Wildman–Crippen LogP) is 4.32. The smallest absolute Gasteiger partial charge is 0.227 e. The van der Waals surface area contributed by atoms with Crippen LogP contribution in [0.5, 0.6) is 0 Å². The molecule has 2 saturated carbocycles. The Balaban J connectivity index is 1.71. The summed E-state index contributed by atoms with van der Waals surface area (Å²) in [5, 5.41) is 13.5. The minimum absolute atomic E-state index is 0.0130. The molecule has 2 aliphatic rings. The van der Waals surface area contributed by atoms with Gasteiger partial charge in [0.15, 0.2) is 5.65 Å². The van der Waals surface area contributed by atoms with Crippen LogP contribution in [0.15, 0.2) is 12.1 Å². The first-order chi connectivity index (χ1) is 13.0. The minimum atomic E-state index is -1.03. The topological polar surface area (TPSA) is 80.0 Å². The average molecular weight is 385 g/mol. The lowest BCUT2D eigenvalue weighted by Crippen LogP contribution is -2.39. The number of carbonyl (C=O) groups excluding carboxylic acids is 1. The van der Waals surface area contributed by atoms with Crippen LogP contribution in [-0.2, 0) is 15.9 Å². The van der Waals surface area contributed by atoms with E-state index in [1.165, 1.54) is 12.8 Å².